The van der Waals surface area contributed by atoms with Crippen molar-refractivity contribution in [3.05, 3.63) is 71.0 Å². The molecule has 146 valence electrons. The zero-order valence-electron chi connectivity index (χ0n) is 14.9. The number of benzene rings is 2. The minimum Gasteiger partial charge on any atom is -0.329 e. The van der Waals surface area contributed by atoms with E-state index in [4.69, 9.17) is 0 Å². The van der Waals surface area contributed by atoms with Crippen LogP contribution in [0.5, 0.6) is 0 Å². The van der Waals surface area contributed by atoms with Gasteiger partial charge >= 0.3 is 0 Å². The lowest BCUT2D eigenvalue weighted by Crippen LogP contribution is -2.48. The average molecular weight is 413 g/mol. The van der Waals surface area contributed by atoms with Crippen molar-refractivity contribution in [3.8, 4) is 0 Å². The number of rotatable bonds is 4. The van der Waals surface area contributed by atoms with Crippen molar-refractivity contribution in [2.75, 3.05) is 25.9 Å². The largest absolute Gasteiger partial charge is 0.329 e. The predicted molar refractivity (Wildman–Crippen MR) is 105 cm³/mol. The van der Waals surface area contributed by atoms with E-state index in [1.807, 2.05) is 0 Å². The first-order valence-corrected chi connectivity index (χ1v) is 10.4. The van der Waals surface area contributed by atoms with Gasteiger partial charge in [0.2, 0.25) is 0 Å². The van der Waals surface area contributed by atoms with Crippen molar-refractivity contribution >= 4 is 28.2 Å². The third kappa shape index (κ3) is 5.51. The quantitative estimate of drug-likeness (QED) is 0.838. The summed E-state index contributed by atoms with van der Waals surface area (Å²) < 4.78 is 36.6. The molecule has 1 heterocycles. The summed E-state index contributed by atoms with van der Waals surface area (Å²) in [6.45, 7) is 1.69. The van der Waals surface area contributed by atoms with Gasteiger partial charge in [-0.05, 0) is 35.4 Å². The van der Waals surface area contributed by atoms with Crippen LogP contribution < -0.4 is 5.32 Å². The highest BCUT2D eigenvalue weighted by molar-refractivity contribution is 7.89. The van der Waals surface area contributed by atoms with E-state index in [-0.39, 0.29) is 35.9 Å². The third-order valence-electron chi connectivity index (χ3n) is 4.34. The van der Waals surface area contributed by atoms with E-state index in [1.165, 1.54) is 12.1 Å². The van der Waals surface area contributed by atoms with Crippen molar-refractivity contribution < 1.29 is 17.6 Å². The van der Waals surface area contributed by atoms with Gasteiger partial charge in [-0.1, -0.05) is 24.3 Å². The fraction of sp³-hybridized carbons (Fsp3) is 0.316. The summed E-state index contributed by atoms with van der Waals surface area (Å²) in [5.74, 6) is -0.630. The van der Waals surface area contributed by atoms with Crippen molar-refractivity contribution in [2.24, 2.45) is 0 Å². The molecule has 0 spiro atoms. The minimum atomic E-state index is -3.18. The molecule has 1 atom stereocenters. The van der Waals surface area contributed by atoms with Crippen molar-refractivity contribution in [3.63, 3.8) is 0 Å². The normalized spacial score (nSPS) is 17.3. The number of carbonyl (C=O) groups is 1. The second-order valence-electron chi connectivity index (χ2n) is 6.54. The lowest BCUT2D eigenvalue weighted by Gasteiger charge is -2.36. The van der Waals surface area contributed by atoms with Crippen LogP contribution in [0.1, 0.15) is 27.5 Å². The second-order valence-corrected chi connectivity index (χ2v) is 8.68. The Hall–Kier alpha value is -1.96. The van der Waals surface area contributed by atoms with E-state index in [1.54, 1.807) is 41.3 Å². The van der Waals surface area contributed by atoms with Gasteiger partial charge in [-0.15, -0.1) is 12.4 Å². The van der Waals surface area contributed by atoms with Crippen LogP contribution in [0.15, 0.2) is 48.5 Å². The molecule has 0 aliphatic carbocycles. The molecule has 8 heteroatoms. The molecule has 27 heavy (non-hydrogen) atoms. The number of nitrogens with one attached hydrogen (secondary N) is 1. The molecule has 0 aromatic heterocycles. The highest BCUT2D eigenvalue weighted by Gasteiger charge is 2.29. The van der Waals surface area contributed by atoms with Gasteiger partial charge in [0.05, 0.1) is 11.8 Å². The number of amides is 1. The van der Waals surface area contributed by atoms with Crippen molar-refractivity contribution in [2.45, 2.75) is 11.8 Å². The molecule has 1 aliphatic heterocycles. The van der Waals surface area contributed by atoms with Crippen LogP contribution in [-0.2, 0) is 15.6 Å². The number of halogens is 2. The first-order chi connectivity index (χ1) is 12.3. The standard InChI is InChI=1S/C19H21FN2O3S.ClH/c1-26(24,25)13-14-4-2-6-16(10-14)19(23)22-9-8-21-12-18(22)15-5-3-7-17(20)11-15;/h2-7,10-11,18,21H,8-9,12-13H2,1H3;1H. The zero-order chi connectivity index (χ0) is 18.7. The van der Waals surface area contributed by atoms with Gasteiger partial charge in [0.25, 0.3) is 5.91 Å². The number of nitrogens with zero attached hydrogens (tertiary/aromatic N) is 1. The van der Waals surface area contributed by atoms with Gasteiger partial charge < -0.3 is 10.2 Å². The summed E-state index contributed by atoms with van der Waals surface area (Å²) in [5.41, 5.74) is 1.75. The lowest BCUT2D eigenvalue weighted by atomic mass is 10.0. The first-order valence-electron chi connectivity index (χ1n) is 8.37. The molecular weight excluding hydrogens is 391 g/mol. The van der Waals surface area contributed by atoms with Crippen LogP contribution >= 0.6 is 12.4 Å². The van der Waals surface area contributed by atoms with Crippen molar-refractivity contribution in [1.82, 2.24) is 10.2 Å². The highest BCUT2D eigenvalue weighted by atomic mass is 35.5. The Kier molecular flexibility index (Phi) is 6.97. The number of carbonyl (C=O) groups excluding carboxylic acids is 1. The molecule has 1 N–H and O–H groups in total. The molecule has 2 aromatic carbocycles. The number of hydrogen-bond acceptors (Lipinski definition) is 4. The van der Waals surface area contributed by atoms with E-state index in [0.29, 0.717) is 30.8 Å². The summed E-state index contributed by atoms with van der Waals surface area (Å²) in [6.07, 6.45) is 1.16. The molecular formula is C19H22ClFN2O3S. The minimum absolute atomic E-state index is 0. The molecule has 1 aliphatic rings. The number of piperazine rings is 1. The molecule has 5 nitrogen and oxygen atoms in total. The number of sulfone groups is 1. The molecule has 1 unspecified atom stereocenters. The summed E-state index contributed by atoms with van der Waals surface area (Å²) in [4.78, 5) is 14.8. The zero-order valence-corrected chi connectivity index (χ0v) is 16.5. The van der Waals surface area contributed by atoms with E-state index in [2.05, 4.69) is 5.32 Å². The summed E-state index contributed by atoms with van der Waals surface area (Å²) in [5, 5.41) is 3.24. The maximum Gasteiger partial charge on any atom is 0.254 e. The van der Waals surface area contributed by atoms with Gasteiger partial charge in [-0.3, -0.25) is 4.79 Å². The van der Waals surface area contributed by atoms with E-state index in [9.17, 15) is 17.6 Å². The predicted octanol–water partition coefficient (Wildman–Crippen LogP) is 2.58. The summed E-state index contributed by atoms with van der Waals surface area (Å²) in [6, 6.07) is 12.7. The van der Waals surface area contributed by atoms with Crippen LogP contribution in [0.3, 0.4) is 0 Å². The monoisotopic (exact) mass is 412 g/mol. The fourth-order valence-electron chi connectivity index (χ4n) is 3.22. The van der Waals surface area contributed by atoms with Crippen LogP contribution in [0.25, 0.3) is 0 Å². The van der Waals surface area contributed by atoms with Crippen molar-refractivity contribution in [1.29, 1.82) is 0 Å². The third-order valence-corrected chi connectivity index (χ3v) is 5.20. The molecule has 0 radical (unpaired) electrons. The Morgan fingerprint density at radius 3 is 2.67 bits per heavy atom. The van der Waals surface area contributed by atoms with Gasteiger partial charge in [-0.25, -0.2) is 12.8 Å². The molecule has 1 fully saturated rings. The van der Waals surface area contributed by atoms with Gasteiger partial charge in [-0.2, -0.15) is 0 Å². The Labute approximate surface area is 164 Å². The summed E-state index contributed by atoms with van der Waals surface area (Å²) in [7, 11) is -3.18. The topological polar surface area (TPSA) is 66.5 Å². The Morgan fingerprint density at radius 2 is 1.96 bits per heavy atom. The van der Waals surface area contributed by atoms with E-state index >= 15 is 0 Å². The maximum absolute atomic E-state index is 13.6. The SMILES string of the molecule is CS(=O)(=O)Cc1cccc(C(=O)N2CCNCC2c2cccc(F)c2)c1.Cl. The number of hydrogen-bond donors (Lipinski definition) is 1. The Bertz CT molecular complexity index is 921. The average Bonchev–Trinajstić information content (AvgIpc) is 2.60. The van der Waals surface area contributed by atoms with Crippen LogP contribution in [0, 0.1) is 5.82 Å². The van der Waals surface area contributed by atoms with E-state index in [0.717, 1.165) is 11.8 Å². The molecule has 2 aromatic rings. The lowest BCUT2D eigenvalue weighted by molar-refractivity contribution is 0.0634. The highest BCUT2D eigenvalue weighted by Crippen LogP contribution is 2.25. The Balaban J connectivity index is 0.00000261. The molecule has 1 saturated heterocycles. The van der Waals surface area contributed by atoms with Gasteiger partial charge in [0.15, 0.2) is 9.84 Å². The van der Waals surface area contributed by atoms with Crippen LogP contribution in [-0.4, -0.2) is 45.1 Å². The second kappa shape index (κ2) is 8.82. The van der Waals surface area contributed by atoms with Crippen LogP contribution in [0.4, 0.5) is 4.39 Å². The molecule has 1 amide bonds. The van der Waals surface area contributed by atoms with Crippen LogP contribution in [0.2, 0.25) is 0 Å². The Morgan fingerprint density at radius 1 is 1.22 bits per heavy atom. The summed E-state index contributed by atoms with van der Waals surface area (Å²) >= 11 is 0. The molecule has 0 bridgehead atoms. The van der Waals surface area contributed by atoms with Gasteiger partial charge in [0, 0.05) is 31.5 Å². The molecule has 0 saturated carbocycles. The van der Waals surface area contributed by atoms with E-state index < -0.39 is 9.84 Å². The van der Waals surface area contributed by atoms with Gasteiger partial charge in [0.1, 0.15) is 5.82 Å². The maximum atomic E-state index is 13.6. The first kappa shape index (κ1) is 21.3. The molecule has 3 rings (SSSR count). The smallest absolute Gasteiger partial charge is 0.254 e. The fourth-order valence-corrected chi connectivity index (χ4v) is 4.01.